The van der Waals surface area contributed by atoms with Crippen LogP contribution in [0.3, 0.4) is 0 Å². The van der Waals surface area contributed by atoms with Crippen LogP contribution in [0.25, 0.3) is 11.3 Å². The van der Waals surface area contributed by atoms with Gasteiger partial charge in [0.15, 0.2) is 23.1 Å². The molecular weight excluding hydrogens is 406 g/mol. The van der Waals surface area contributed by atoms with Gasteiger partial charge in [-0.3, -0.25) is 4.79 Å². The van der Waals surface area contributed by atoms with E-state index in [1.807, 2.05) is 12.1 Å². The highest BCUT2D eigenvalue weighted by Crippen LogP contribution is 2.33. The van der Waals surface area contributed by atoms with Crippen molar-refractivity contribution in [3.63, 3.8) is 0 Å². The van der Waals surface area contributed by atoms with E-state index in [1.165, 1.54) is 12.3 Å². The standard InChI is InChI=1S/C23H22F2N2O4/c1-29-18-10-14-8-9-27(13-15(14)11-19(18)30-2)22(28)7-6-21-26-12-20(31-21)23-16(24)4-3-5-17(23)25/h3-5,10-12H,6-9,13H2,1-2H3. The topological polar surface area (TPSA) is 64.8 Å². The van der Waals surface area contributed by atoms with Crippen molar-refractivity contribution in [2.75, 3.05) is 20.8 Å². The van der Waals surface area contributed by atoms with Crippen molar-refractivity contribution in [3.05, 3.63) is 65.2 Å². The summed E-state index contributed by atoms with van der Waals surface area (Å²) in [6.07, 6.45) is 2.42. The van der Waals surface area contributed by atoms with Crippen molar-refractivity contribution in [3.8, 4) is 22.8 Å². The number of halogens is 2. The zero-order chi connectivity index (χ0) is 22.0. The number of rotatable bonds is 6. The molecule has 1 aromatic heterocycles. The maximum atomic E-state index is 13.9. The predicted octanol–water partition coefficient (Wildman–Crippen LogP) is 4.15. The molecule has 0 spiro atoms. The van der Waals surface area contributed by atoms with Crippen molar-refractivity contribution in [2.45, 2.75) is 25.8 Å². The van der Waals surface area contributed by atoms with Crippen LogP contribution < -0.4 is 9.47 Å². The molecule has 2 aromatic carbocycles. The summed E-state index contributed by atoms with van der Waals surface area (Å²) in [5.41, 5.74) is 1.89. The molecule has 0 radical (unpaired) electrons. The molecule has 0 aliphatic carbocycles. The summed E-state index contributed by atoms with van der Waals surface area (Å²) in [4.78, 5) is 18.6. The first-order valence-electron chi connectivity index (χ1n) is 9.90. The fraction of sp³-hybridized carbons (Fsp3) is 0.304. The molecule has 162 valence electrons. The predicted molar refractivity (Wildman–Crippen MR) is 109 cm³/mol. The number of benzene rings is 2. The Labute approximate surface area is 178 Å². The van der Waals surface area contributed by atoms with E-state index < -0.39 is 11.6 Å². The van der Waals surface area contributed by atoms with Gasteiger partial charge in [-0.15, -0.1) is 0 Å². The lowest BCUT2D eigenvalue weighted by atomic mass is 9.98. The average molecular weight is 428 g/mol. The maximum absolute atomic E-state index is 13.9. The zero-order valence-corrected chi connectivity index (χ0v) is 17.3. The summed E-state index contributed by atoms with van der Waals surface area (Å²) in [5, 5.41) is 0. The largest absolute Gasteiger partial charge is 0.493 e. The smallest absolute Gasteiger partial charge is 0.223 e. The van der Waals surface area contributed by atoms with Gasteiger partial charge >= 0.3 is 0 Å². The first-order chi connectivity index (χ1) is 15.0. The number of aromatic nitrogens is 1. The lowest BCUT2D eigenvalue weighted by Gasteiger charge is -2.29. The molecule has 6 nitrogen and oxygen atoms in total. The Morgan fingerprint density at radius 1 is 1.13 bits per heavy atom. The van der Waals surface area contributed by atoms with Gasteiger partial charge < -0.3 is 18.8 Å². The van der Waals surface area contributed by atoms with E-state index in [0.29, 0.717) is 24.6 Å². The number of amides is 1. The van der Waals surface area contributed by atoms with Crippen LogP contribution in [-0.2, 0) is 24.2 Å². The van der Waals surface area contributed by atoms with Crippen molar-refractivity contribution in [2.24, 2.45) is 0 Å². The van der Waals surface area contributed by atoms with Crippen LogP contribution in [0, 0.1) is 11.6 Å². The fourth-order valence-electron chi connectivity index (χ4n) is 3.74. The lowest BCUT2D eigenvalue weighted by Crippen LogP contribution is -2.36. The van der Waals surface area contributed by atoms with Crippen LogP contribution in [0.2, 0.25) is 0 Å². The monoisotopic (exact) mass is 428 g/mol. The van der Waals surface area contributed by atoms with E-state index in [1.54, 1.807) is 19.1 Å². The summed E-state index contributed by atoms with van der Waals surface area (Å²) < 4.78 is 44.0. The second-order valence-corrected chi connectivity index (χ2v) is 7.26. The number of carbonyl (C=O) groups is 1. The number of hydrogen-bond acceptors (Lipinski definition) is 5. The minimum absolute atomic E-state index is 0.00555. The van der Waals surface area contributed by atoms with Gasteiger partial charge in [-0.2, -0.15) is 0 Å². The third kappa shape index (κ3) is 4.23. The van der Waals surface area contributed by atoms with Gasteiger partial charge in [0.1, 0.15) is 11.6 Å². The van der Waals surface area contributed by atoms with Gasteiger partial charge in [-0.25, -0.2) is 13.8 Å². The van der Waals surface area contributed by atoms with Crippen LogP contribution in [0.1, 0.15) is 23.4 Å². The second kappa shape index (κ2) is 8.75. The van der Waals surface area contributed by atoms with Gasteiger partial charge in [-0.1, -0.05) is 6.07 Å². The highest BCUT2D eigenvalue weighted by Gasteiger charge is 2.23. The second-order valence-electron chi connectivity index (χ2n) is 7.26. The van der Waals surface area contributed by atoms with Gasteiger partial charge in [0.2, 0.25) is 5.91 Å². The number of ether oxygens (including phenoxy) is 2. The summed E-state index contributed by atoms with van der Waals surface area (Å²) in [7, 11) is 3.17. The maximum Gasteiger partial charge on any atom is 0.223 e. The molecule has 8 heteroatoms. The van der Waals surface area contributed by atoms with Crippen molar-refractivity contribution in [1.82, 2.24) is 9.88 Å². The van der Waals surface area contributed by atoms with Gasteiger partial charge in [0.25, 0.3) is 0 Å². The molecule has 4 rings (SSSR count). The highest BCUT2D eigenvalue weighted by atomic mass is 19.1. The molecule has 0 N–H and O–H groups in total. The van der Waals surface area contributed by atoms with Gasteiger partial charge in [0.05, 0.1) is 26.0 Å². The Morgan fingerprint density at radius 3 is 2.48 bits per heavy atom. The molecule has 0 saturated heterocycles. The number of carbonyl (C=O) groups excluding carboxylic acids is 1. The van der Waals surface area contributed by atoms with Crippen LogP contribution in [-0.4, -0.2) is 36.6 Å². The van der Waals surface area contributed by atoms with Crippen LogP contribution in [0.4, 0.5) is 8.78 Å². The minimum Gasteiger partial charge on any atom is -0.493 e. The molecule has 1 amide bonds. The van der Waals surface area contributed by atoms with E-state index in [4.69, 9.17) is 13.9 Å². The van der Waals surface area contributed by atoms with E-state index in [9.17, 15) is 13.6 Å². The van der Waals surface area contributed by atoms with Crippen LogP contribution in [0.15, 0.2) is 40.9 Å². The first kappa shape index (κ1) is 20.8. The number of nitrogens with zero attached hydrogens (tertiary/aromatic N) is 2. The molecule has 1 aliphatic heterocycles. The quantitative estimate of drug-likeness (QED) is 0.590. The zero-order valence-electron chi connectivity index (χ0n) is 17.3. The molecule has 31 heavy (non-hydrogen) atoms. The van der Waals surface area contributed by atoms with Crippen molar-refractivity contribution in [1.29, 1.82) is 0 Å². The van der Waals surface area contributed by atoms with E-state index in [0.717, 1.165) is 29.7 Å². The number of hydrogen-bond donors (Lipinski definition) is 0. The van der Waals surface area contributed by atoms with Gasteiger partial charge in [0, 0.05) is 25.9 Å². The molecule has 2 heterocycles. The number of methoxy groups -OCH3 is 2. The summed E-state index contributed by atoms with van der Waals surface area (Å²) >= 11 is 0. The van der Waals surface area contributed by atoms with E-state index >= 15 is 0 Å². The third-order valence-corrected chi connectivity index (χ3v) is 5.39. The minimum atomic E-state index is -0.724. The summed E-state index contributed by atoms with van der Waals surface area (Å²) in [6.45, 7) is 1.07. The van der Waals surface area contributed by atoms with Crippen molar-refractivity contribution >= 4 is 5.91 Å². The van der Waals surface area contributed by atoms with Crippen molar-refractivity contribution < 1.29 is 27.5 Å². The first-order valence-corrected chi connectivity index (χ1v) is 9.90. The third-order valence-electron chi connectivity index (χ3n) is 5.39. The Hall–Kier alpha value is -3.42. The Bertz CT molecular complexity index is 1090. The molecule has 0 atom stereocenters. The molecule has 0 fully saturated rings. The van der Waals surface area contributed by atoms with Crippen LogP contribution in [0.5, 0.6) is 11.5 Å². The van der Waals surface area contributed by atoms with E-state index in [-0.39, 0.29) is 36.0 Å². The molecule has 1 aliphatic rings. The number of aryl methyl sites for hydroxylation is 1. The Kier molecular flexibility index (Phi) is 5.88. The Balaban J connectivity index is 1.41. The Morgan fingerprint density at radius 2 is 1.81 bits per heavy atom. The fourth-order valence-corrected chi connectivity index (χ4v) is 3.74. The summed E-state index contributed by atoms with van der Waals surface area (Å²) in [6, 6.07) is 7.45. The molecule has 0 bridgehead atoms. The molecule has 3 aromatic rings. The number of oxazole rings is 1. The molecular formula is C23H22F2N2O4. The average Bonchev–Trinajstić information content (AvgIpc) is 3.24. The summed E-state index contributed by atoms with van der Waals surface area (Å²) in [5.74, 6) is 0.0731. The van der Waals surface area contributed by atoms with Gasteiger partial charge in [-0.05, 0) is 41.8 Å². The number of fused-ring (bicyclic) bond motifs is 1. The van der Waals surface area contributed by atoms with Crippen LogP contribution >= 0.6 is 0 Å². The van der Waals surface area contributed by atoms with E-state index in [2.05, 4.69) is 4.98 Å². The molecule has 0 unspecified atom stereocenters. The molecule has 0 saturated carbocycles. The highest BCUT2D eigenvalue weighted by molar-refractivity contribution is 5.76. The normalized spacial score (nSPS) is 13.1. The SMILES string of the molecule is COc1cc2c(cc1OC)CN(C(=O)CCc1ncc(-c3c(F)cccc3F)o1)CC2. The lowest BCUT2D eigenvalue weighted by molar-refractivity contribution is -0.132.